The third kappa shape index (κ3) is 5.77. The Morgan fingerprint density at radius 2 is 1.48 bits per heavy atom. The predicted molar refractivity (Wildman–Crippen MR) is 112 cm³/mol. The van der Waals surface area contributed by atoms with Crippen LogP contribution in [0.5, 0.6) is 17.2 Å². The lowest BCUT2D eigenvalue weighted by Gasteiger charge is -2.18. The van der Waals surface area contributed by atoms with Crippen molar-refractivity contribution in [2.75, 3.05) is 30.4 Å². The van der Waals surface area contributed by atoms with Gasteiger partial charge in [0.15, 0.2) is 0 Å². The van der Waals surface area contributed by atoms with Crippen molar-refractivity contribution in [1.82, 2.24) is 0 Å². The highest BCUT2D eigenvalue weighted by molar-refractivity contribution is 7.92. The van der Waals surface area contributed by atoms with E-state index in [-0.39, 0.29) is 22.2 Å². The molecule has 0 bridgehead atoms. The maximum absolute atomic E-state index is 12.8. The number of hydrogen-bond donors (Lipinski definition) is 2. The van der Waals surface area contributed by atoms with Crippen molar-refractivity contribution >= 4 is 27.3 Å². The minimum absolute atomic E-state index is 0.0714. The smallest absolute Gasteiger partial charge is 0.262 e. The summed E-state index contributed by atoms with van der Waals surface area (Å²) < 4.78 is 44.4. The standard InChI is InChI=1S/C20H26N2O6S/c1-5-20(23)21-16-12-19(28-7-3)17(13-18(16)27-6-2)22-29(24,25)15-10-8-14(26-4)9-11-15/h8-13,22H,5-7H2,1-4H3,(H,21,23). The Bertz CT molecular complexity index is 942. The molecule has 0 saturated heterocycles. The number of ether oxygens (including phenoxy) is 3. The predicted octanol–water partition coefficient (Wildman–Crippen LogP) is 3.64. The summed E-state index contributed by atoms with van der Waals surface area (Å²) in [5.41, 5.74) is 0.621. The second kappa shape index (κ2) is 10.0. The van der Waals surface area contributed by atoms with E-state index in [4.69, 9.17) is 14.2 Å². The summed E-state index contributed by atoms with van der Waals surface area (Å²) in [6.07, 6.45) is 0.293. The minimum Gasteiger partial charge on any atom is -0.497 e. The molecule has 8 nitrogen and oxygen atoms in total. The minimum atomic E-state index is -3.88. The monoisotopic (exact) mass is 422 g/mol. The molecule has 0 heterocycles. The van der Waals surface area contributed by atoms with Crippen LogP contribution in [0, 0.1) is 0 Å². The van der Waals surface area contributed by atoms with Gasteiger partial charge in [-0.2, -0.15) is 0 Å². The Kier molecular flexibility index (Phi) is 7.72. The number of sulfonamides is 1. The van der Waals surface area contributed by atoms with Gasteiger partial charge in [-0.1, -0.05) is 6.92 Å². The Morgan fingerprint density at radius 3 is 2.00 bits per heavy atom. The molecule has 1 amide bonds. The number of hydrogen-bond acceptors (Lipinski definition) is 6. The summed E-state index contributed by atoms with van der Waals surface area (Å²) in [5.74, 6) is 0.971. The van der Waals surface area contributed by atoms with E-state index in [0.29, 0.717) is 36.8 Å². The second-order valence-corrected chi connectivity index (χ2v) is 7.58. The summed E-state index contributed by atoms with van der Waals surface area (Å²) in [5, 5.41) is 2.74. The molecule has 2 N–H and O–H groups in total. The number of methoxy groups -OCH3 is 1. The fourth-order valence-corrected chi connectivity index (χ4v) is 3.55. The molecule has 2 aromatic rings. The summed E-state index contributed by atoms with van der Waals surface area (Å²) in [7, 11) is -2.38. The molecule has 0 atom stereocenters. The number of carbonyl (C=O) groups is 1. The average molecular weight is 423 g/mol. The topological polar surface area (TPSA) is 103 Å². The van der Waals surface area contributed by atoms with Crippen molar-refractivity contribution < 1.29 is 27.4 Å². The summed E-state index contributed by atoms with van der Waals surface area (Å²) in [6, 6.07) is 9.07. The van der Waals surface area contributed by atoms with Crippen molar-refractivity contribution in [2.45, 2.75) is 32.1 Å². The molecule has 29 heavy (non-hydrogen) atoms. The van der Waals surface area contributed by atoms with E-state index in [1.807, 2.05) is 0 Å². The van der Waals surface area contributed by atoms with Crippen molar-refractivity contribution in [3.8, 4) is 17.2 Å². The van der Waals surface area contributed by atoms with Gasteiger partial charge in [-0.15, -0.1) is 0 Å². The summed E-state index contributed by atoms with van der Waals surface area (Å²) >= 11 is 0. The molecule has 9 heteroatoms. The van der Waals surface area contributed by atoms with Gasteiger partial charge in [0, 0.05) is 18.6 Å². The van der Waals surface area contributed by atoms with E-state index in [2.05, 4.69) is 10.0 Å². The van der Waals surface area contributed by atoms with Crippen LogP contribution >= 0.6 is 0 Å². The van der Waals surface area contributed by atoms with E-state index in [9.17, 15) is 13.2 Å². The van der Waals surface area contributed by atoms with Gasteiger partial charge in [0.1, 0.15) is 17.2 Å². The highest BCUT2D eigenvalue weighted by atomic mass is 32.2. The van der Waals surface area contributed by atoms with E-state index in [0.717, 1.165) is 0 Å². The molecule has 0 aliphatic carbocycles. The van der Waals surface area contributed by atoms with E-state index in [1.54, 1.807) is 39.0 Å². The maximum Gasteiger partial charge on any atom is 0.262 e. The summed E-state index contributed by atoms with van der Waals surface area (Å²) in [6.45, 7) is 5.96. The largest absolute Gasteiger partial charge is 0.497 e. The van der Waals surface area contributed by atoms with Crippen LogP contribution in [0.25, 0.3) is 0 Å². The van der Waals surface area contributed by atoms with E-state index >= 15 is 0 Å². The van der Waals surface area contributed by atoms with Crippen LogP contribution in [0.3, 0.4) is 0 Å². The highest BCUT2D eigenvalue weighted by Crippen LogP contribution is 2.38. The van der Waals surface area contributed by atoms with Gasteiger partial charge in [0.2, 0.25) is 5.91 Å². The lowest BCUT2D eigenvalue weighted by Crippen LogP contribution is -2.15. The average Bonchev–Trinajstić information content (AvgIpc) is 2.71. The van der Waals surface area contributed by atoms with Crippen LogP contribution < -0.4 is 24.2 Å². The molecule has 2 rings (SSSR count). The fourth-order valence-electron chi connectivity index (χ4n) is 2.48. The zero-order valence-corrected chi connectivity index (χ0v) is 17.8. The van der Waals surface area contributed by atoms with Gasteiger partial charge in [0.05, 0.1) is 36.6 Å². The Balaban J connectivity index is 2.45. The number of rotatable bonds is 10. The normalized spacial score (nSPS) is 10.9. The molecule has 0 radical (unpaired) electrons. The molecule has 0 aliphatic rings. The molecule has 0 aliphatic heterocycles. The Labute approximate surface area is 171 Å². The fraction of sp³-hybridized carbons (Fsp3) is 0.350. The van der Waals surface area contributed by atoms with E-state index < -0.39 is 10.0 Å². The number of benzene rings is 2. The van der Waals surface area contributed by atoms with Crippen molar-refractivity contribution in [3.63, 3.8) is 0 Å². The second-order valence-electron chi connectivity index (χ2n) is 5.89. The molecule has 0 spiro atoms. The van der Waals surface area contributed by atoms with Gasteiger partial charge in [-0.3, -0.25) is 9.52 Å². The Hall–Kier alpha value is -2.94. The molecule has 0 saturated carbocycles. The van der Waals surface area contributed by atoms with Crippen LogP contribution in [0.1, 0.15) is 27.2 Å². The van der Waals surface area contributed by atoms with Crippen molar-refractivity contribution in [3.05, 3.63) is 36.4 Å². The van der Waals surface area contributed by atoms with Crippen LogP contribution in [-0.2, 0) is 14.8 Å². The number of amides is 1. The zero-order chi connectivity index (χ0) is 21.4. The molecule has 158 valence electrons. The van der Waals surface area contributed by atoms with Crippen LogP contribution in [-0.4, -0.2) is 34.6 Å². The first-order chi connectivity index (χ1) is 13.8. The third-order valence-corrected chi connectivity index (χ3v) is 5.27. The van der Waals surface area contributed by atoms with Crippen LogP contribution in [0.2, 0.25) is 0 Å². The van der Waals surface area contributed by atoms with E-state index in [1.165, 1.54) is 25.3 Å². The van der Waals surface area contributed by atoms with Crippen LogP contribution in [0.4, 0.5) is 11.4 Å². The number of carbonyl (C=O) groups excluding carboxylic acids is 1. The molecule has 0 unspecified atom stereocenters. The van der Waals surface area contributed by atoms with Gasteiger partial charge in [-0.05, 0) is 38.1 Å². The number of nitrogens with one attached hydrogen (secondary N) is 2. The lowest BCUT2D eigenvalue weighted by atomic mass is 10.2. The highest BCUT2D eigenvalue weighted by Gasteiger charge is 2.20. The summed E-state index contributed by atoms with van der Waals surface area (Å²) in [4.78, 5) is 11.9. The quantitative estimate of drug-likeness (QED) is 0.606. The van der Waals surface area contributed by atoms with Gasteiger partial charge < -0.3 is 19.5 Å². The van der Waals surface area contributed by atoms with Crippen molar-refractivity contribution in [1.29, 1.82) is 0 Å². The lowest BCUT2D eigenvalue weighted by molar-refractivity contribution is -0.115. The van der Waals surface area contributed by atoms with Gasteiger partial charge >= 0.3 is 0 Å². The molecular weight excluding hydrogens is 396 g/mol. The molecule has 0 fully saturated rings. The van der Waals surface area contributed by atoms with Gasteiger partial charge in [0.25, 0.3) is 10.0 Å². The SMILES string of the molecule is CCOc1cc(NS(=O)(=O)c2ccc(OC)cc2)c(OCC)cc1NC(=O)CC. The maximum atomic E-state index is 12.8. The van der Waals surface area contributed by atoms with Crippen molar-refractivity contribution in [2.24, 2.45) is 0 Å². The van der Waals surface area contributed by atoms with Gasteiger partial charge in [-0.25, -0.2) is 8.42 Å². The molecule has 0 aromatic heterocycles. The first kappa shape index (κ1) is 22.4. The van der Waals surface area contributed by atoms with Crippen LogP contribution in [0.15, 0.2) is 41.3 Å². The molecular formula is C20H26N2O6S. The number of anilines is 2. The third-order valence-electron chi connectivity index (χ3n) is 3.89. The zero-order valence-electron chi connectivity index (χ0n) is 16.9. The first-order valence-electron chi connectivity index (χ1n) is 9.24. The Morgan fingerprint density at radius 1 is 0.931 bits per heavy atom. The molecule has 2 aromatic carbocycles. The first-order valence-corrected chi connectivity index (χ1v) is 10.7.